The lowest BCUT2D eigenvalue weighted by Gasteiger charge is -2.10. The van der Waals surface area contributed by atoms with E-state index in [4.69, 9.17) is 0 Å². The van der Waals surface area contributed by atoms with Crippen LogP contribution in [0.2, 0.25) is 0 Å². The number of carbonyl (C=O) groups is 1. The fourth-order valence-electron chi connectivity index (χ4n) is 0.964. The second-order valence-electron chi connectivity index (χ2n) is 2.85. The van der Waals surface area contributed by atoms with Crippen molar-refractivity contribution in [3.63, 3.8) is 0 Å². The zero-order valence-electron chi connectivity index (χ0n) is 7.47. The van der Waals surface area contributed by atoms with Crippen LogP contribution < -0.4 is 5.32 Å². The molecule has 0 bridgehead atoms. The van der Waals surface area contributed by atoms with Crippen LogP contribution in [0.1, 0.15) is 6.92 Å². The standard InChI is InChI=1S/C8H13N3O2/c1-7(12)10-4-8(13)5-11-3-2-9-6-11/h2-3,6,8,13H,4-5H2,1H3,(H,10,12). The Morgan fingerprint density at radius 3 is 3.08 bits per heavy atom. The minimum absolute atomic E-state index is 0.135. The molecule has 0 aliphatic rings. The summed E-state index contributed by atoms with van der Waals surface area (Å²) in [5, 5.41) is 11.9. The van der Waals surface area contributed by atoms with E-state index in [9.17, 15) is 9.90 Å². The Bertz CT molecular complexity index is 258. The minimum atomic E-state index is -0.571. The molecule has 1 rings (SSSR count). The quantitative estimate of drug-likeness (QED) is 0.653. The smallest absolute Gasteiger partial charge is 0.216 e. The van der Waals surface area contributed by atoms with Crippen molar-refractivity contribution in [2.45, 2.75) is 19.6 Å². The van der Waals surface area contributed by atoms with Gasteiger partial charge in [0.15, 0.2) is 0 Å². The number of rotatable bonds is 4. The Balaban J connectivity index is 2.25. The predicted octanol–water partition coefficient (Wildman–Crippen LogP) is -0.620. The van der Waals surface area contributed by atoms with Crippen molar-refractivity contribution in [2.24, 2.45) is 0 Å². The number of hydrogen-bond donors (Lipinski definition) is 2. The number of nitrogens with zero attached hydrogens (tertiary/aromatic N) is 2. The van der Waals surface area contributed by atoms with Crippen LogP contribution in [0.15, 0.2) is 18.7 Å². The molecular formula is C8H13N3O2. The first kappa shape index (κ1) is 9.73. The van der Waals surface area contributed by atoms with Gasteiger partial charge >= 0.3 is 0 Å². The maximum Gasteiger partial charge on any atom is 0.216 e. The van der Waals surface area contributed by atoms with Crippen LogP contribution in [0.4, 0.5) is 0 Å². The third-order valence-electron chi connectivity index (χ3n) is 1.57. The summed E-state index contributed by atoms with van der Waals surface area (Å²) in [5.41, 5.74) is 0. The lowest BCUT2D eigenvalue weighted by atomic mass is 10.3. The van der Waals surface area contributed by atoms with Crippen molar-refractivity contribution in [1.82, 2.24) is 14.9 Å². The maximum atomic E-state index is 10.5. The highest BCUT2D eigenvalue weighted by atomic mass is 16.3. The van der Waals surface area contributed by atoms with Gasteiger partial charge in [0.2, 0.25) is 5.91 Å². The molecule has 2 N–H and O–H groups in total. The highest BCUT2D eigenvalue weighted by molar-refractivity contribution is 5.72. The van der Waals surface area contributed by atoms with Crippen molar-refractivity contribution in [1.29, 1.82) is 0 Å². The number of aromatic nitrogens is 2. The van der Waals surface area contributed by atoms with Crippen LogP contribution in [-0.2, 0) is 11.3 Å². The van der Waals surface area contributed by atoms with E-state index >= 15 is 0 Å². The van der Waals surface area contributed by atoms with Crippen LogP contribution in [0.25, 0.3) is 0 Å². The first-order chi connectivity index (χ1) is 6.18. The number of amides is 1. The second-order valence-corrected chi connectivity index (χ2v) is 2.85. The molecule has 13 heavy (non-hydrogen) atoms. The zero-order chi connectivity index (χ0) is 9.68. The molecule has 1 atom stereocenters. The lowest BCUT2D eigenvalue weighted by Crippen LogP contribution is -2.32. The van der Waals surface area contributed by atoms with Crippen LogP contribution in [0, 0.1) is 0 Å². The molecule has 1 unspecified atom stereocenters. The van der Waals surface area contributed by atoms with Crippen molar-refractivity contribution in [3.8, 4) is 0 Å². The van der Waals surface area contributed by atoms with Crippen LogP contribution in [-0.4, -0.2) is 33.2 Å². The van der Waals surface area contributed by atoms with Gasteiger partial charge in [0, 0.05) is 25.9 Å². The summed E-state index contributed by atoms with van der Waals surface area (Å²) >= 11 is 0. The molecule has 0 fully saturated rings. The molecule has 0 aliphatic carbocycles. The van der Waals surface area contributed by atoms with E-state index in [-0.39, 0.29) is 12.5 Å². The number of nitrogens with one attached hydrogen (secondary N) is 1. The molecule has 5 heteroatoms. The number of hydrogen-bond acceptors (Lipinski definition) is 3. The van der Waals surface area contributed by atoms with E-state index in [1.54, 1.807) is 23.3 Å². The molecular weight excluding hydrogens is 170 g/mol. The van der Waals surface area contributed by atoms with Crippen molar-refractivity contribution >= 4 is 5.91 Å². The third kappa shape index (κ3) is 3.71. The number of imidazole rings is 1. The fraction of sp³-hybridized carbons (Fsp3) is 0.500. The summed E-state index contributed by atoms with van der Waals surface area (Å²) in [6.07, 6.45) is 4.46. The number of aliphatic hydroxyl groups is 1. The van der Waals surface area contributed by atoms with Gasteiger partial charge in [0.05, 0.1) is 19.0 Å². The number of carbonyl (C=O) groups excluding carboxylic acids is 1. The Morgan fingerprint density at radius 2 is 2.54 bits per heavy atom. The van der Waals surface area contributed by atoms with Gasteiger partial charge in [-0.2, -0.15) is 0 Å². The highest BCUT2D eigenvalue weighted by Gasteiger charge is 2.04. The third-order valence-corrected chi connectivity index (χ3v) is 1.57. The Hall–Kier alpha value is -1.36. The van der Waals surface area contributed by atoms with Crippen LogP contribution in [0.5, 0.6) is 0 Å². The Kier molecular flexibility index (Phi) is 3.45. The largest absolute Gasteiger partial charge is 0.389 e. The minimum Gasteiger partial charge on any atom is -0.389 e. The summed E-state index contributed by atoms with van der Waals surface area (Å²) < 4.78 is 1.76. The molecule has 72 valence electrons. The molecule has 0 aromatic carbocycles. The molecule has 1 aromatic heterocycles. The van der Waals surface area contributed by atoms with E-state index in [1.165, 1.54) is 6.92 Å². The van der Waals surface area contributed by atoms with Gasteiger partial charge in [-0.15, -0.1) is 0 Å². The molecule has 1 amide bonds. The van der Waals surface area contributed by atoms with Gasteiger partial charge in [-0.1, -0.05) is 0 Å². The average Bonchev–Trinajstić information content (AvgIpc) is 2.53. The van der Waals surface area contributed by atoms with E-state index in [2.05, 4.69) is 10.3 Å². The van der Waals surface area contributed by atoms with Crippen LogP contribution in [0.3, 0.4) is 0 Å². The monoisotopic (exact) mass is 183 g/mol. The molecule has 0 spiro atoms. The van der Waals surface area contributed by atoms with Gasteiger partial charge < -0.3 is 15.0 Å². The average molecular weight is 183 g/mol. The summed E-state index contributed by atoms with van der Waals surface area (Å²) in [5.74, 6) is -0.135. The molecule has 0 radical (unpaired) electrons. The summed E-state index contributed by atoms with van der Waals surface area (Å²) in [6.45, 7) is 2.14. The SMILES string of the molecule is CC(=O)NCC(O)Cn1ccnc1. The first-order valence-corrected chi connectivity index (χ1v) is 4.06. The Labute approximate surface area is 76.4 Å². The summed E-state index contributed by atoms with van der Waals surface area (Å²) in [7, 11) is 0. The molecule has 5 nitrogen and oxygen atoms in total. The maximum absolute atomic E-state index is 10.5. The van der Waals surface area contributed by atoms with Gasteiger partial charge in [0.1, 0.15) is 0 Å². The van der Waals surface area contributed by atoms with Gasteiger partial charge in [-0.25, -0.2) is 4.98 Å². The Morgan fingerprint density at radius 1 is 1.77 bits per heavy atom. The fourth-order valence-corrected chi connectivity index (χ4v) is 0.964. The normalized spacial score (nSPS) is 12.5. The predicted molar refractivity (Wildman–Crippen MR) is 46.9 cm³/mol. The molecule has 1 aromatic rings. The lowest BCUT2D eigenvalue weighted by molar-refractivity contribution is -0.119. The summed E-state index contributed by atoms with van der Waals surface area (Å²) in [4.78, 5) is 14.3. The van der Waals surface area contributed by atoms with Crippen molar-refractivity contribution in [3.05, 3.63) is 18.7 Å². The van der Waals surface area contributed by atoms with Gasteiger partial charge in [0.25, 0.3) is 0 Å². The molecule has 1 heterocycles. The van der Waals surface area contributed by atoms with E-state index in [0.717, 1.165) is 0 Å². The highest BCUT2D eigenvalue weighted by Crippen LogP contribution is 1.90. The van der Waals surface area contributed by atoms with Gasteiger partial charge in [-0.05, 0) is 0 Å². The number of aliphatic hydroxyl groups excluding tert-OH is 1. The van der Waals surface area contributed by atoms with Crippen LogP contribution >= 0.6 is 0 Å². The zero-order valence-corrected chi connectivity index (χ0v) is 7.47. The topological polar surface area (TPSA) is 67.2 Å². The van der Waals surface area contributed by atoms with Gasteiger partial charge in [-0.3, -0.25) is 4.79 Å². The molecule has 0 aliphatic heterocycles. The summed E-state index contributed by atoms with van der Waals surface area (Å²) in [6, 6.07) is 0. The molecule has 0 saturated carbocycles. The molecule has 0 saturated heterocycles. The first-order valence-electron chi connectivity index (χ1n) is 4.06. The second kappa shape index (κ2) is 4.61. The van der Waals surface area contributed by atoms with E-state index < -0.39 is 6.10 Å². The van der Waals surface area contributed by atoms with Crippen molar-refractivity contribution < 1.29 is 9.90 Å². The van der Waals surface area contributed by atoms with E-state index in [1.807, 2.05) is 0 Å². The van der Waals surface area contributed by atoms with Crippen molar-refractivity contribution in [2.75, 3.05) is 6.54 Å². The van der Waals surface area contributed by atoms with E-state index in [0.29, 0.717) is 6.54 Å².